The maximum Gasteiger partial charge on any atom is 0.280 e. The average molecular weight is 647 g/mol. The highest BCUT2D eigenvalue weighted by Crippen LogP contribution is 2.45. The van der Waals surface area contributed by atoms with E-state index in [1.54, 1.807) is 11.3 Å². The summed E-state index contributed by atoms with van der Waals surface area (Å²) in [6.45, 7) is 0. The van der Waals surface area contributed by atoms with E-state index in [-0.39, 0.29) is 22.9 Å². The van der Waals surface area contributed by atoms with Crippen LogP contribution in [0.3, 0.4) is 0 Å². The molecule has 0 saturated carbocycles. The highest BCUT2D eigenvalue weighted by molar-refractivity contribution is 9.10. The first-order chi connectivity index (χ1) is 17.0. The van der Waals surface area contributed by atoms with E-state index in [0.717, 1.165) is 34.6 Å². The third kappa shape index (κ3) is 5.83. The molecule has 4 aromatic rings. The monoisotopic (exact) mass is 645 g/mol. The first-order valence-electron chi connectivity index (χ1n) is 10.5. The number of halogens is 2. The van der Waals surface area contributed by atoms with Crippen LogP contribution in [0.1, 0.15) is 16.5 Å². The predicted molar refractivity (Wildman–Crippen MR) is 152 cm³/mol. The van der Waals surface area contributed by atoms with E-state index in [1.165, 1.54) is 28.5 Å². The summed E-state index contributed by atoms with van der Waals surface area (Å²) >= 11 is 11.3. The Bertz CT molecular complexity index is 1420. The lowest BCUT2D eigenvalue weighted by molar-refractivity contribution is -0.137. The van der Waals surface area contributed by atoms with Crippen LogP contribution in [0.15, 0.2) is 91.0 Å². The van der Waals surface area contributed by atoms with Crippen molar-refractivity contribution < 1.29 is 9.59 Å². The number of para-hydroxylation sites is 1. The molecule has 1 saturated heterocycles. The van der Waals surface area contributed by atoms with Crippen molar-refractivity contribution in [2.45, 2.75) is 9.71 Å². The molecule has 5 nitrogen and oxygen atoms in total. The lowest BCUT2D eigenvalue weighted by Gasteiger charge is -2.24. The van der Waals surface area contributed by atoms with Gasteiger partial charge in [0.1, 0.15) is 5.37 Å². The SMILES string of the molecule is O=C(CSc1nc2ccccc2s1)NN1C(=O)/C(=C/c2cccc(Br)c2)SC1c1cccc(Br)c1. The van der Waals surface area contributed by atoms with E-state index in [9.17, 15) is 9.59 Å². The van der Waals surface area contributed by atoms with Crippen LogP contribution in [0, 0.1) is 0 Å². The van der Waals surface area contributed by atoms with Gasteiger partial charge in [-0.25, -0.2) is 9.99 Å². The summed E-state index contributed by atoms with van der Waals surface area (Å²) in [5.74, 6) is -0.338. The number of rotatable bonds is 6. The fourth-order valence-corrected chi connectivity index (χ4v) is 7.36. The van der Waals surface area contributed by atoms with E-state index in [1.807, 2.05) is 78.9 Å². The molecule has 5 rings (SSSR count). The largest absolute Gasteiger partial charge is 0.280 e. The molecule has 1 atom stereocenters. The number of aromatic nitrogens is 1. The second kappa shape index (κ2) is 10.9. The van der Waals surface area contributed by atoms with Crippen LogP contribution in [-0.2, 0) is 9.59 Å². The fourth-order valence-electron chi connectivity index (χ4n) is 3.49. The number of thiazole rings is 1. The van der Waals surface area contributed by atoms with Crippen LogP contribution in [0.25, 0.3) is 16.3 Å². The summed E-state index contributed by atoms with van der Waals surface area (Å²) in [7, 11) is 0. The second-order valence-corrected chi connectivity index (χ2v) is 12.7. The lowest BCUT2D eigenvalue weighted by Crippen LogP contribution is -2.45. The Labute approximate surface area is 231 Å². The van der Waals surface area contributed by atoms with Gasteiger partial charge in [0.25, 0.3) is 5.91 Å². The highest BCUT2D eigenvalue weighted by atomic mass is 79.9. The minimum Gasteiger partial charge on any atom is -0.272 e. The van der Waals surface area contributed by atoms with E-state index < -0.39 is 0 Å². The fraction of sp³-hybridized carbons (Fsp3) is 0.0800. The third-order valence-electron chi connectivity index (χ3n) is 5.03. The number of fused-ring (bicyclic) bond motifs is 1. The standard InChI is InChI=1S/C25H17Br2N3O2S3/c26-17-7-3-5-15(11-17)12-21-23(32)30(24(34-21)16-6-4-8-18(27)13-16)29-22(31)14-33-25-28-19-9-1-2-10-20(19)35-25/h1-13,24H,14H2,(H,29,31)/b21-12-. The zero-order valence-electron chi connectivity index (χ0n) is 18.0. The van der Waals surface area contributed by atoms with Gasteiger partial charge in [0.15, 0.2) is 4.34 Å². The molecule has 1 unspecified atom stereocenters. The van der Waals surface area contributed by atoms with Gasteiger partial charge in [-0.2, -0.15) is 0 Å². The number of carbonyl (C=O) groups is 2. The van der Waals surface area contributed by atoms with Gasteiger partial charge in [0.2, 0.25) is 5.91 Å². The molecular weight excluding hydrogens is 630 g/mol. The Morgan fingerprint density at radius 3 is 2.60 bits per heavy atom. The molecule has 1 aromatic heterocycles. The number of nitrogens with zero attached hydrogens (tertiary/aromatic N) is 2. The van der Waals surface area contributed by atoms with Crippen molar-refractivity contribution in [3.8, 4) is 0 Å². The third-order valence-corrected chi connectivity index (χ3v) is 9.45. The zero-order valence-corrected chi connectivity index (χ0v) is 23.6. The van der Waals surface area contributed by atoms with Crippen molar-refractivity contribution in [3.63, 3.8) is 0 Å². The average Bonchev–Trinajstić information content (AvgIpc) is 3.39. The zero-order chi connectivity index (χ0) is 24.4. The molecule has 1 aliphatic heterocycles. The quantitative estimate of drug-likeness (QED) is 0.176. The van der Waals surface area contributed by atoms with Crippen LogP contribution in [-0.4, -0.2) is 27.6 Å². The summed E-state index contributed by atoms with van der Waals surface area (Å²) < 4.78 is 3.74. The van der Waals surface area contributed by atoms with Crippen molar-refractivity contribution in [2.75, 3.05) is 5.75 Å². The van der Waals surface area contributed by atoms with Crippen molar-refractivity contribution in [3.05, 3.63) is 97.8 Å². The van der Waals surface area contributed by atoms with Gasteiger partial charge in [0, 0.05) is 8.95 Å². The summed E-state index contributed by atoms with van der Waals surface area (Å²) in [5, 5.41) is 1.05. The molecule has 1 N–H and O–H groups in total. The molecule has 0 bridgehead atoms. The molecule has 0 aliphatic carbocycles. The maximum absolute atomic E-state index is 13.4. The molecule has 1 fully saturated rings. The number of carbonyl (C=O) groups excluding carboxylic acids is 2. The van der Waals surface area contributed by atoms with E-state index in [0.29, 0.717) is 4.91 Å². The Morgan fingerprint density at radius 2 is 1.83 bits per heavy atom. The van der Waals surface area contributed by atoms with Gasteiger partial charge < -0.3 is 0 Å². The minimum absolute atomic E-state index is 0.157. The van der Waals surface area contributed by atoms with Crippen LogP contribution < -0.4 is 5.43 Å². The van der Waals surface area contributed by atoms with Gasteiger partial charge >= 0.3 is 0 Å². The molecule has 10 heteroatoms. The maximum atomic E-state index is 13.4. The number of nitrogens with one attached hydrogen (secondary N) is 1. The summed E-state index contributed by atoms with van der Waals surface area (Å²) in [4.78, 5) is 31.4. The molecule has 0 radical (unpaired) electrons. The molecule has 0 spiro atoms. The van der Waals surface area contributed by atoms with Crippen molar-refractivity contribution in [1.82, 2.24) is 15.4 Å². The highest BCUT2D eigenvalue weighted by Gasteiger charge is 2.38. The first-order valence-corrected chi connectivity index (χ1v) is 14.7. The number of hydrogen-bond acceptors (Lipinski definition) is 6. The van der Waals surface area contributed by atoms with Crippen LogP contribution in [0.4, 0.5) is 0 Å². The topological polar surface area (TPSA) is 62.3 Å². The molecule has 2 heterocycles. The Kier molecular flexibility index (Phi) is 7.64. The number of hydrazine groups is 1. The molecule has 35 heavy (non-hydrogen) atoms. The summed E-state index contributed by atoms with van der Waals surface area (Å²) in [6, 6.07) is 23.4. The second-order valence-electron chi connectivity index (χ2n) is 7.54. The number of amides is 2. The number of hydrogen-bond donors (Lipinski definition) is 1. The van der Waals surface area contributed by atoms with Crippen LogP contribution in [0.5, 0.6) is 0 Å². The normalized spacial score (nSPS) is 16.9. The molecule has 3 aromatic carbocycles. The van der Waals surface area contributed by atoms with Gasteiger partial charge in [-0.1, -0.05) is 91.8 Å². The van der Waals surface area contributed by atoms with Crippen molar-refractivity contribution in [1.29, 1.82) is 0 Å². The van der Waals surface area contributed by atoms with Gasteiger partial charge in [-0.05, 0) is 53.6 Å². The van der Waals surface area contributed by atoms with Crippen LogP contribution in [0.2, 0.25) is 0 Å². The molecule has 176 valence electrons. The van der Waals surface area contributed by atoms with E-state index >= 15 is 0 Å². The number of thioether (sulfide) groups is 2. The molecular formula is C25H17Br2N3O2S3. The Morgan fingerprint density at radius 1 is 1.06 bits per heavy atom. The van der Waals surface area contributed by atoms with E-state index in [4.69, 9.17) is 0 Å². The van der Waals surface area contributed by atoms with E-state index in [2.05, 4.69) is 42.3 Å². The van der Waals surface area contributed by atoms with Crippen LogP contribution >= 0.6 is 66.7 Å². The van der Waals surface area contributed by atoms with Gasteiger partial charge in [-0.3, -0.25) is 15.0 Å². The van der Waals surface area contributed by atoms with Gasteiger partial charge in [-0.15, -0.1) is 11.3 Å². The first kappa shape index (κ1) is 24.6. The van der Waals surface area contributed by atoms with Gasteiger partial charge in [0.05, 0.1) is 20.9 Å². The smallest absolute Gasteiger partial charge is 0.272 e. The van der Waals surface area contributed by atoms with Crippen molar-refractivity contribution in [2.24, 2.45) is 0 Å². The molecule has 2 amide bonds. The lowest BCUT2D eigenvalue weighted by atomic mass is 10.2. The Balaban J connectivity index is 1.35. The molecule has 1 aliphatic rings. The predicted octanol–water partition coefficient (Wildman–Crippen LogP) is 7.26. The number of benzene rings is 3. The minimum atomic E-state index is -0.380. The summed E-state index contributed by atoms with van der Waals surface area (Å²) in [6.07, 6.45) is 1.85. The van der Waals surface area contributed by atoms with Crippen molar-refractivity contribution >= 4 is 94.8 Å². The Hall–Kier alpha value is -2.11. The summed E-state index contributed by atoms with van der Waals surface area (Å²) in [5.41, 5.74) is 5.58.